The second-order valence-corrected chi connectivity index (χ2v) is 7.06. The smallest absolute Gasteiger partial charge is 0.150 e. The first-order chi connectivity index (χ1) is 6.62. The maximum absolute atomic E-state index is 11.5. The summed E-state index contributed by atoms with van der Waals surface area (Å²) in [5.41, 5.74) is 0.356. The van der Waals surface area contributed by atoms with Crippen molar-refractivity contribution in [1.29, 1.82) is 0 Å². The average molecular weight is 217 g/mol. The molecule has 0 unspecified atom stereocenters. The average Bonchev–Trinajstić information content (AvgIpc) is 2.29. The number of rotatable bonds is 0. The fourth-order valence-corrected chi connectivity index (χ4v) is 4.26. The normalized spacial score (nSPS) is 31.1. The zero-order chi connectivity index (χ0) is 10.1. The number of piperidine rings is 1. The Bertz CT molecular complexity index is 291. The summed E-state index contributed by atoms with van der Waals surface area (Å²) < 4.78 is 23.0. The van der Waals surface area contributed by atoms with E-state index in [4.69, 9.17) is 0 Å². The molecule has 2 fully saturated rings. The lowest BCUT2D eigenvalue weighted by Gasteiger charge is -2.36. The Hall–Kier alpha value is -0.0900. The van der Waals surface area contributed by atoms with Crippen LogP contribution in [0.2, 0.25) is 0 Å². The number of sulfone groups is 1. The second kappa shape index (κ2) is 3.81. The van der Waals surface area contributed by atoms with Crippen LogP contribution in [0.1, 0.15) is 32.1 Å². The first kappa shape index (κ1) is 10.4. The minimum Gasteiger partial charge on any atom is -0.317 e. The van der Waals surface area contributed by atoms with Gasteiger partial charge in [-0.05, 0) is 50.6 Å². The minimum absolute atomic E-state index is 0.356. The lowest BCUT2D eigenvalue weighted by Crippen LogP contribution is -2.37. The first-order valence-corrected chi connectivity index (χ1v) is 7.35. The lowest BCUT2D eigenvalue weighted by molar-refractivity contribution is 0.179. The largest absolute Gasteiger partial charge is 0.317 e. The molecule has 2 aliphatic rings. The topological polar surface area (TPSA) is 46.2 Å². The van der Waals surface area contributed by atoms with Gasteiger partial charge in [-0.1, -0.05) is 0 Å². The SMILES string of the molecule is O=S1(=O)CCCC2(CCNCC2)CC1. The van der Waals surface area contributed by atoms with E-state index in [0.29, 0.717) is 16.9 Å². The summed E-state index contributed by atoms with van der Waals surface area (Å²) in [5, 5.41) is 3.35. The van der Waals surface area contributed by atoms with Crippen molar-refractivity contribution >= 4 is 9.84 Å². The molecule has 82 valence electrons. The van der Waals surface area contributed by atoms with Gasteiger partial charge in [0.05, 0.1) is 11.5 Å². The Morgan fingerprint density at radius 2 is 1.64 bits per heavy atom. The Labute approximate surface area is 86.2 Å². The molecule has 0 aliphatic carbocycles. The number of hydrogen-bond donors (Lipinski definition) is 1. The Morgan fingerprint density at radius 1 is 0.929 bits per heavy atom. The van der Waals surface area contributed by atoms with Crippen LogP contribution in [0, 0.1) is 5.41 Å². The summed E-state index contributed by atoms with van der Waals surface area (Å²) in [6, 6.07) is 0. The van der Waals surface area contributed by atoms with Crippen LogP contribution in [0.3, 0.4) is 0 Å². The van der Waals surface area contributed by atoms with Crippen molar-refractivity contribution in [2.45, 2.75) is 32.1 Å². The first-order valence-electron chi connectivity index (χ1n) is 5.53. The van der Waals surface area contributed by atoms with Crippen molar-refractivity contribution in [1.82, 2.24) is 5.32 Å². The van der Waals surface area contributed by atoms with Crippen molar-refractivity contribution < 1.29 is 8.42 Å². The molecule has 0 aromatic heterocycles. The molecular formula is C10H19NO2S. The summed E-state index contributed by atoms with van der Waals surface area (Å²) >= 11 is 0. The third-order valence-corrected chi connectivity index (χ3v) is 5.51. The molecule has 1 spiro atoms. The van der Waals surface area contributed by atoms with E-state index in [2.05, 4.69) is 5.32 Å². The molecule has 0 aromatic carbocycles. The highest BCUT2D eigenvalue weighted by Gasteiger charge is 2.35. The third kappa shape index (κ3) is 2.28. The maximum Gasteiger partial charge on any atom is 0.150 e. The molecule has 0 bridgehead atoms. The molecule has 2 saturated heterocycles. The van der Waals surface area contributed by atoms with Crippen LogP contribution in [0.5, 0.6) is 0 Å². The van der Waals surface area contributed by atoms with Crippen LogP contribution in [0.4, 0.5) is 0 Å². The predicted molar refractivity (Wildman–Crippen MR) is 57.0 cm³/mol. The van der Waals surface area contributed by atoms with Gasteiger partial charge in [0.2, 0.25) is 0 Å². The van der Waals surface area contributed by atoms with Gasteiger partial charge < -0.3 is 5.32 Å². The molecule has 0 atom stereocenters. The van der Waals surface area contributed by atoms with E-state index in [0.717, 1.165) is 32.4 Å². The molecule has 2 rings (SSSR count). The van der Waals surface area contributed by atoms with Gasteiger partial charge in [-0.25, -0.2) is 8.42 Å². The molecule has 3 nitrogen and oxygen atoms in total. The fraction of sp³-hybridized carbons (Fsp3) is 1.00. The Balaban J connectivity index is 2.07. The predicted octanol–water partition coefficient (Wildman–Crippen LogP) is 0.955. The molecule has 0 aromatic rings. The van der Waals surface area contributed by atoms with Crippen molar-refractivity contribution in [2.24, 2.45) is 5.41 Å². The minimum atomic E-state index is -2.71. The molecule has 0 radical (unpaired) electrons. The van der Waals surface area contributed by atoms with Crippen LogP contribution in [-0.2, 0) is 9.84 Å². The summed E-state index contributed by atoms with van der Waals surface area (Å²) in [5.74, 6) is 0.842. The Morgan fingerprint density at radius 3 is 2.36 bits per heavy atom. The summed E-state index contributed by atoms with van der Waals surface area (Å²) in [6.07, 6.45) is 5.23. The van der Waals surface area contributed by atoms with Gasteiger partial charge >= 0.3 is 0 Å². The maximum atomic E-state index is 11.5. The molecule has 2 heterocycles. The van der Waals surface area contributed by atoms with Crippen molar-refractivity contribution in [2.75, 3.05) is 24.6 Å². The van der Waals surface area contributed by atoms with Crippen molar-refractivity contribution in [3.63, 3.8) is 0 Å². The van der Waals surface area contributed by atoms with Crippen LogP contribution in [0.25, 0.3) is 0 Å². The molecule has 14 heavy (non-hydrogen) atoms. The van der Waals surface area contributed by atoms with Gasteiger partial charge in [-0.15, -0.1) is 0 Å². The monoisotopic (exact) mass is 217 g/mol. The van der Waals surface area contributed by atoms with E-state index in [1.807, 2.05) is 0 Å². The number of nitrogens with one attached hydrogen (secondary N) is 1. The molecule has 0 amide bonds. The van der Waals surface area contributed by atoms with Gasteiger partial charge in [0.25, 0.3) is 0 Å². The molecular weight excluding hydrogens is 198 g/mol. The van der Waals surface area contributed by atoms with Gasteiger partial charge in [0.1, 0.15) is 9.84 Å². The van der Waals surface area contributed by atoms with Crippen LogP contribution < -0.4 is 5.32 Å². The van der Waals surface area contributed by atoms with Crippen LogP contribution in [0.15, 0.2) is 0 Å². The fourth-order valence-electron chi connectivity index (χ4n) is 2.72. The van der Waals surface area contributed by atoms with E-state index in [1.54, 1.807) is 0 Å². The highest BCUT2D eigenvalue weighted by Crippen LogP contribution is 2.39. The Kier molecular flexibility index (Phi) is 2.84. The van der Waals surface area contributed by atoms with Crippen molar-refractivity contribution in [3.8, 4) is 0 Å². The van der Waals surface area contributed by atoms with Gasteiger partial charge in [-0.2, -0.15) is 0 Å². The van der Waals surface area contributed by atoms with Gasteiger partial charge in [0.15, 0.2) is 0 Å². The van der Waals surface area contributed by atoms with Crippen LogP contribution in [-0.4, -0.2) is 33.0 Å². The summed E-state index contributed by atoms with van der Waals surface area (Å²) in [7, 11) is -2.71. The summed E-state index contributed by atoms with van der Waals surface area (Å²) in [6.45, 7) is 2.14. The molecule has 4 heteroatoms. The van der Waals surface area contributed by atoms with E-state index in [-0.39, 0.29) is 0 Å². The molecule has 0 saturated carbocycles. The second-order valence-electron chi connectivity index (χ2n) is 4.76. The standard InChI is InChI=1S/C10H19NO2S/c12-14(13)8-1-2-10(5-9-14)3-6-11-7-4-10/h11H,1-9H2. The number of hydrogen-bond acceptors (Lipinski definition) is 3. The highest BCUT2D eigenvalue weighted by molar-refractivity contribution is 7.91. The van der Waals surface area contributed by atoms with E-state index < -0.39 is 9.84 Å². The lowest BCUT2D eigenvalue weighted by atomic mass is 9.73. The van der Waals surface area contributed by atoms with Gasteiger partial charge in [-0.3, -0.25) is 0 Å². The van der Waals surface area contributed by atoms with E-state index in [1.165, 1.54) is 12.8 Å². The van der Waals surface area contributed by atoms with Crippen molar-refractivity contribution in [3.05, 3.63) is 0 Å². The molecule has 1 N–H and O–H groups in total. The van der Waals surface area contributed by atoms with Crippen LogP contribution >= 0.6 is 0 Å². The highest BCUT2D eigenvalue weighted by atomic mass is 32.2. The van der Waals surface area contributed by atoms with E-state index >= 15 is 0 Å². The van der Waals surface area contributed by atoms with E-state index in [9.17, 15) is 8.42 Å². The zero-order valence-electron chi connectivity index (χ0n) is 8.59. The third-order valence-electron chi connectivity index (χ3n) is 3.77. The quantitative estimate of drug-likeness (QED) is 0.657. The van der Waals surface area contributed by atoms with Gasteiger partial charge in [0, 0.05) is 0 Å². The molecule has 2 aliphatic heterocycles. The summed E-state index contributed by atoms with van der Waals surface area (Å²) in [4.78, 5) is 0. The zero-order valence-corrected chi connectivity index (χ0v) is 9.41.